The number of carbonyl (C=O) groups excluding carboxylic acids is 1. The Morgan fingerprint density at radius 3 is 2.50 bits per heavy atom. The summed E-state index contributed by atoms with van der Waals surface area (Å²) < 4.78 is 5.81. The summed E-state index contributed by atoms with van der Waals surface area (Å²) in [5.74, 6) is 0.967. The van der Waals surface area contributed by atoms with Gasteiger partial charge in [-0.2, -0.15) is 0 Å². The molecule has 2 heterocycles. The fourth-order valence-electron chi connectivity index (χ4n) is 3.39. The molecule has 4 rings (SSSR count). The molecule has 0 N–H and O–H groups in total. The first-order chi connectivity index (χ1) is 12.7. The predicted molar refractivity (Wildman–Crippen MR) is 99.5 cm³/mol. The average molecular weight is 347 g/mol. The molecule has 0 unspecified atom stereocenters. The van der Waals surface area contributed by atoms with E-state index >= 15 is 0 Å². The van der Waals surface area contributed by atoms with Gasteiger partial charge < -0.3 is 9.32 Å². The van der Waals surface area contributed by atoms with Gasteiger partial charge in [0.05, 0.1) is 0 Å². The summed E-state index contributed by atoms with van der Waals surface area (Å²) in [6.45, 7) is 2.94. The molecule has 0 saturated carbocycles. The zero-order valence-corrected chi connectivity index (χ0v) is 14.8. The van der Waals surface area contributed by atoms with Crippen molar-refractivity contribution in [3.05, 3.63) is 60.2 Å². The molecule has 26 heavy (non-hydrogen) atoms. The summed E-state index contributed by atoms with van der Waals surface area (Å²) >= 11 is 0. The number of carbonyl (C=O) groups is 1. The van der Waals surface area contributed by atoms with Crippen molar-refractivity contribution in [2.45, 2.75) is 32.2 Å². The van der Waals surface area contributed by atoms with Crippen LogP contribution in [-0.4, -0.2) is 33.6 Å². The van der Waals surface area contributed by atoms with Gasteiger partial charge in [-0.15, -0.1) is 10.2 Å². The monoisotopic (exact) mass is 347 g/mol. The molecule has 0 radical (unpaired) electrons. The molecule has 1 atom stereocenters. The zero-order chi connectivity index (χ0) is 17.9. The van der Waals surface area contributed by atoms with Crippen LogP contribution in [-0.2, 0) is 0 Å². The highest BCUT2D eigenvalue weighted by Gasteiger charge is 2.24. The number of piperidine rings is 1. The minimum Gasteiger partial charge on any atom is -0.416 e. The first kappa shape index (κ1) is 16.5. The van der Waals surface area contributed by atoms with Gasteiger partial charge in [0, 0.05) is 29.3 Å². The van der Waals surface area contributed by atoms with Crippen LogP contribution in [0.3, 0.4) is 0 Å². The van der Waals surface area contributed by atoms with Crippen LogP contribution in [0.25, 0.3) is 22.9 Å². The second-order valence-corrected chi connectivity index (χ2v) is 6.70. The van der Waals surface area contributed by atoms with Gasteiger partial charge in [-0.1, -0.05) is 24.3 Å². The Bertz CT molecular complexity index is 904. The lowest BCUT2D eigenvalue weighted by molar-refractivity contribution is 0.0635. The molecule has 1 amide bonds. The van der Waals surface area contributed by atoms with Crippen molar-refractivity contribution in [3.63, 3.8) is 0 Å². The average Bonchev–Trinajstić information content (AvgIpc) is 3.19. The third-order valence-corrected chi connectivity index (χ3v) is 4.87. The summed E-state index contributed by atoms with van der Waals surface area (Å²) in [7, 11) is 0. The lowest BCUT2D eigenvalue weighted by Gasteiger charge is -2.33. The van der Waals surface area contributed by atoms with Gasteiger partial charge in [0.25, 0.3) is 5.91 Å². The van der Waals surface area contributed by atoms with Crippen molar-refractivity contribution in [2.75, 3.05) is 6.54 Å². The minimum atomic E-state index is 0.0712. The van der Waals surface area contributed by atoms with Gasteiger partial charge in [0.1, 0.15) is 0 Å². The minimum absolute atomic E-state index is 0.0712. The Labute approximate surface area is 152 Å². The van der Waals surface area contributed by atoms with Crippen molar-refractivity contribution in [1.82, 2.24) is 15.1 Å². The first-order valence-corrected chi connectivity index (χ1v) is 9.03. The predicted octanol–water partition coefficient (Wildman–Crippen LogP) is 4.42. The Morgan fingerprint density at radius 2 is 1.73 bits per heavy atom. The maximum Gasteiger partial charge on any atom is 0.254 e. The Balaban J connectivity index is 1.60. The summed E-state index contributed by atoms with van der Waals surface area (Å²) in [5.41, 5.74) is 2.30. The van der Waals surface area contributed by atoms with Gasteiger partial charge in [0.2, 0.25) is 11.8 Å². The van der Waals surface area contributed by atoms with Crippen LogP contribution in [0.2, 0.25) is 0 Å². The second-order valence-electron chi connectivity index (χ2n) is 6.70. The van der Waals surface area contributed by atoms with E-state index in [0.717, 1.165) is 30.5 Å². The van der Waals surface area contributed by atoms with Gasteiger partial charge >= 0.3 is 0 Å². The molecule has 5 nitrogen and oxygen atoms in total. The molecule has 1 aliphatic rings. The molecule has 1 aromatic heterocycles. The van der Waals surface area contributed by atoms with Gasteiger partial charge in [0.15, 0.2) is 0 Å². The molecule has 2 aromatic carbocycles. The third kappa shape index (κ3) is 3.25. The van der Waals surface area contributed by atoms with Crippen LogP contribution in [0.1, 0.15) is 36.5 Å². The Kier molecular flexibility index (Phi) is 4.52. The number of hydrogen-bond acceptors (Lipinski definition) is 4. The van der Waals surface area contributed by atoms with Crippen molar-refractivity contribution in [2.24, 2.45) is 0 Å². The van der Waals surface area contributed by atoms with Gasteiger partial charge in [-0.3, -0.25) is 4.79 Å². The lowest BCUT2D eigenvalue weighted by atomic mass is 10.0. The van der Waals surface area contributed by atoms with E-state index in [-0.39, 0.29) is 11.9 Å². The van der Waals surface area contributed by atoms with E-state index in [1.807, 2.05) is 59.5 Å². The smallest absolute Gasteiger partial charge is 0.254 e. The quantitative estimate of drug-likeness (QED) is 0.704. The summed E-state index contributed by atoms with van der Waals surface area (Å²) in [5, 5.41) is 8.28. The number of nitrogens with zero attached hydrogens (tertiary/aromatic N) is 3. The lowest BCUT2D eigenvalue weighted by Crippen LogP contribution is -2.42. The number of hydrogen-bond donors (Lipinski definition) is 0. The SMILES string of the molecule is C[C@@H]1CCCCN1C(=O)c1cccc(-c2nnc(-c3ccccc3)o2)c1. The van der Waals surface area contributed by atoms with E-state index in [9.17, 15) is 4.79 Å². The number of amides is 1. The number of aromatic nitrogens is 2. The van der Waals surface area contributed by atoms with Crippen molar-refractivity contribution >= 4 is 5.91 Å². The first-order valence-electron chi connectivity index (χ1n) is 9.03. The van der Waals surface area contributed by atoms with E-state index < -0.39 is 0 Å². The van der Waals surface area contributed by atoms with Crippen LogP contribution in [0.5, 0.6) is 0 Å². The van der Waals surface area contributed by atoms with Crippen LogP contribution in [0.15, 0.2) is 59.0 Å². The number of benzene rings is 2. The molecule has 0 aliphatic carbocycles. The maximum absolute atomic E-state index is 12.9. The Hall–Kier alpha value is -2.95. The molecule has 0 bridgehead atoms. The standard InChI is InChI=1S/C21H21N3O2/c1-15-8-5-6-13-24(15)21(25)18-12-7-11-17(14-18)20-23-22-19(26-20)16-9-3-2-4-10-16/h2-4,7,9-12,14-15H,5-6,8,13H2,1H3/t15-/m1/s1. The van der Waals surface area contributed by atoms with Gasteiger partial charge in [-0.25, -0.2) is 0 Å². The summed E-state index contributed by atoms with van der Waals surface area (Å²) in [4.78, 5) is 14.8. The molecule has 1 aliphatic heterocycles. The van der Waals surface area contributed by atoms with Crippen LogP contribution >= 0.6 is 0 Å². The van der Waals surface area contributed by atoms with Crippen LogP contribution in [0, 0.1) is 0 Å². The maximum atomic E-state index is 12.9. The Morgan fingerprint density at radius 1 is 1.00 bits per heavy atom. The third-order valence-electron chi connectivity index (χ3n) is 4.87. The fourth-order valence-corrected chi connectivity index (χ4v) is 3.39. The molecular formula is C21H21N3O2. The number of likely N-dealkylation sites (tertiary alicyclic amines) is 1. The second kappa shape index (κ2) is 7.12. The van der Waals surface area contributed by atoms with E-state index in [2.05, 4.69) is 17.1 Å². The molecule has 3 aromatic rings. The number of rotatable bonds is 3. The highest BCUT2D eigenvalue weighted by molar-refractivity contribution is 5.95. The van der Waals surface area contributed by atoms with E-state index in [0.29, 0.717) is 17.3 Å². The van der Waals surface area contributed by atoms with Crippen LogP contribution in [0.4, 0.5) is 0 Å². The molecule has 132 valence electrons. The summed E-state index contributed by atoms with van der Waals surface area (Å²) in [6.07, 6.45) is 3.32. The topological polar surface area (TPSA) is 59.2 Å². The van der Waals surface area contributed by atoms with E-state index in [1.54, 1.807) is 0 Å². The highest BCUT2D eigenvalue weighted by Crippen LogP contribution is 2.25. The zero-order valence-electron chi connectivity index (χ0n) is 14.8. The molecule has 0 spiro atoms. The van der Waals surface area contributed by atoms with Crippen molar-refractivity contribution in [1.29, 1.82) is 0 Å². The molecule has 5 heteroatoms. The largest absolute Gasteiger partial charge is 0.416 e. The highest BCUT2D eigenvalue weighted by atomic mass is 16.4. The van der Waals surface area contributed by atoms with E-state index in [1.165, 1.54) is 6.42 Å². The van der Waals surface area contributed by atoms with Crippen molar-refractivity contribution in [3.8, 4) is 22.9 Å². The van der Waals surface area contributed by atoms with Gasteiger partial charge in [-0.05, 0) is 56.5 Å². The fraction of sp³-hybridized carbons (Fsp3) is 0.286. The van der Waals surface area contributed by atoms with E-state index in [4.69, 9.17) is 4.42 Å². The van der Waals surface area contributed by atoms with Crippen molar-refractivity contribution < 1.29 is 9.21 Å². The normalized spacial score (nSPS) is 17.3. The van der Waals surface area contributed by atoms with Crippen LogP contribution < -0.4 is 0 Å². The molecule has 1 saturated heterocycles. The molecular weight excluding hydrogens is 326 g/mol. The molecule has 1 fully saturated rings. The summed E-state index contributed by atoms with van der Waals surface area (Å²) in [6, 6.07) is 17.4.